The number of nitrogens with zero attached hydrogens (tertiary/aromatic N) is 2. The number of halogens is 1. The minimum absolute atomic E-state index is 0.226. The van der Waals surface area contributed by atoms with Gasteiger partial charge in [0.15, 0.2) is 5.96 Å². The molecule has 0 saturated heterocycles. The van der Waals surface area contributed by atoms with Crippen LogP contribution in [-0.4, -0.2) is 29.5 Å². The summed E-state index contributed by atoms with van der Waals surface area (Å²) in [6.07, 6.45) is 2.76. The first kappa shape index (κ1) is 18.4. The summed E-state index contributed by atoms with van der Waals surface area (Å²) in [6.45, 7) is 5.68. The van der Waals surface area contributed by atoms with Crippen molar-refractivity contribution in [2.45, 2.75) is 32.7 Å². The Bertz CT molecular complexity index is 896. The molecule has 0 saturated carbocycles. The summed E-state index contributed by atoms with van der Waals surface area (Å²) >= 11 is 1.69. The van der Waals surface area contributed by atoms with Crippen molar-refractivity contribution in [3.05, 3.63) is 51.9 Å². The van der Waals surface area contributed by atoms with Crippen LogP contribution in [0.1, 0.15) is 36.0 Å². The molecule has 0 aliphatic rings. The summed E-state index contributed by atoms with van der Waals surface area (Å²) in [5.41, 5.74) is 3.01. The molecular formula is C19H24FN5S. The minimum Gasteiger partial charge on any atom is -0.361 e. The van der Waals surface area contributed by atoms with E-state index in [1.807, 2.05) is 12.3 Å². The number of aliphatic imine (C=N–C) groups is 1. The van der Waals surface area contributed by atoms with Gasteiger partial charge in [0.2, 0.25) is 0 Å². The van der Waals surface area contributed by atoms with Gasteiger partial charge in [0.05, 0.1) is 17.2 Å². The van der Waals surface area contributed by atoms with Crippen molar-refractivity contribution >= 4 is 28.2 Å². The van der Waals surface area contributed by atoms with Crippen LogP contribution in [0.4, 0.5) is 4.39 Å². The molecule has 0 aliphatic carbocycles. The molecular weight excluding hydrogens is 349 g/mol. The van der Waals surface area contributed by atoms with E-state index in [2.05, 4.69) is 44.8 Å². The van der Waals surface area contributed by atoms with Gasteiger partial charge in [0, 0.05) is 42.0 Å². The highest BCUT2D eigenvalue weighted by Crippen LogP contribution is 2.20. The van der Waals surface area contributed by atoms with Gasteiger partial charge < -0.3 is 15.6 Å². The zero-order valence-corrected chi connectivity index (χ0v) is 16.1. The second kappa shape index (κ2) is 8.31. The Balaban J connectivity index is 1.50. The standard InChI is InChI=1S/C19H24FN5S/c1-12(2)18-25-15(11-26-18)10-24-19(21-3)22-7-6-13-9-23-17-8-14(20)4-5-16(13)17/h4-5,8-9,11-12,23H,6-7,10H2,1-3H3,(H2,21,22,24). The maximum Gasteiger partial charge on any atom is 0.191 e. The van der Waals surface area contributed by atoms with Crippen molar-refractivity contribution in [2.75, 3.05) is 13.6 Å². The van der Waals surface area contributed by atoms with Crippen molar-refractivity contribution in [3.8, 4) is 0 Å². The van der Waals surface area contributed by atoms with Gasteiger partial charge in [0.25, 0.3) is 0 Å². The lowest BCUT2D eigenvalue weighted by Gasteiger charge is -2.10. The fourth-order valence-corrected chi connectivity index (χ4v) is 3.58. The first-order chi connectivity index (χ1) is 12.6. The van der Waals surface area contributed by atoms with Crippen molar-refractivity contribution in [1.29, 1.82) is 0 Å². The molecule has 0 fully saturated rings. The molecule has 26 heavy (non-hydrogen) atoms. The Morgan fingerprint density at radius 1 is 1.35 bits per heavy atom. The number of aromatic nitrogens is 2. The second-order valence-electron chi connectivity index (χ2n) is 6.44. The van der Waals surface area contributed by atoms with E-state index in [4.69, 9.17) is 0 Å². The molecule has 3 aromatic rings. The zero-order chi connectivity index (χ0) is 18.5. The van der Waals surface area contributed by atoms with Crippen LogP contribution in [0.15, 0.2) is 34.8 Å². The minimum atomic E-state index is -0.226. The smallest absolute Gasteiger partial charge is 0.191 e. The quantitative estimate of drug-likeness (QED) is 0.455. The average molecular weight is 374 g/mol. The van der Waals surface area contributed by atoms with Crippen LogP contribution in [-0.2, 0) is 13.0 Å². The van der Waals surface area contributed by atoms with E-state index in [0.29, 0.717) is 12.5 Å². The molecule has 0 unspecified atom stereocenters. The molecule has 0 spiro atoms. The third-order valence-electron chi connectivity index (χ3n) is 4.14. The van der Waals surface area contributed by atoms with Crippen LogP contribution >= 0.6 is 11.3 Å². The molecule has 0 amide bonds. The Morgan fingerprint density at radius 2 is 2.19 bits per heavy atom. The van der Waals surface area contributed by atoms with Gasteiger partial charge >= 0.3 is 0 Å². The van der Waals surface area contributed by atoms with Crippen molar-refractivity contribution in [3.63, 3.8) is 0 Å². The molecule has 3 rings (SSSR count). The summed E-state index contributed by atoms with van der Waals surface area (Å²) in [4.78, 5) is 12.0. The van der Waals surface area contributed by atoms with Crippen molar-refractivity contribution in [1.82, 2.24) is 20.6 Å². The molecule has 2 aromatic heterocycles. The second-order valence-corrected chi connectivity index (χ2v) is 7.33. The lowest BCUT2D eigenvalue weighted by molar-refractivity contribution is 0.629. The maximum absolute atomic E-state index is 13.3. The molecule has 0 bridgehead atoms. The molecule has 0 radical (unpaired) electrons. The van der Waals surface area contributed by atoms with E-state index in [-0.39, 0.29) is 5.82 Å². The molecule has 3 N–H and O–H groups in total. The molecule has 7 heteroatoms. The van der Waals surface area contributed by atoms with Crippen LogP contribution in [0, 0.1) is 5.82 Å². The van der Waals surface area contributed by atoms with E-state index >= 15 is 0 Å². The predicted octanol–water partition coefficient (Wildman–Crippen LogP) is 3.79. The summed E-state index contributed by atoms with van der Waals surface area (Å²) in [5.74, 6) is 0.974. The van der Waals surface area contributed by atoms with Gasteiger partial charge in [-0.15, -0.1) is 11.3 Å². The molecule has 0 aliphatic heterocycles. The van der Waals surface area contributed by atoms with Crippen molar-refractivity contribution < 1.29 is 4.39 Å². The van der Waals surface area contributed by atoms with Crippen LogP contribution in [0.25, 0.3) is 10.9 Å². The fourth-order valence-electron chi connectivity index (χ4n) is 2.74. The zero-order valence-electron chi connectivity index (χ0n) is 15.3. The van der Waals surface area contributed by atoms with Gasteiger partial charge in [-0.3, -0.25) is 4.99 Å². The monoisotopic (exact) mass is 373 g/mol. The third kappa shape index (κ3) is 4.40. The topological polar surface area (TPSA) is 65.1 Å². The molecule has 2 heterocycles. The third-order valence-corrected chi connectivity index (χ3v) is 5.33. The number of aromatic amines is 1. The summed E-state index contributed by atoms with van der Waals surface area (Å²) in [7, 11) is 1.75. The van der Waals surface area contributed by atoms with Crippen LogP contribution in [0.2, 0.25) is 0 Å². The highest BCUT2D eigenvalue weighted by molar-refractivity contribution is 7.09. The number of benzene rings is 1. The lowest BCUT2D eigenvalue weighted by Crippen LogP contribution is -2.37. The number of thiazole rings is 1. The Morgan fingerprint density at radius 3 is 2.92 bits per heavy atom. The van der Waals surface area contributed by atoms with Gasteiger partial charge in [-0.2, -0.15) is 0 Å². The average Bonchev–Trinajstić information content (AvgIpc) is 3.25. The maximum atomic E-state index is 13.3. The van der Waals surface area contributed by atoms with Gasteiger partial charge in [-0.1, -0.05) is 13.8 Å². The van der Waals surface area contributed by atoms with E-state index in [1.165, 1.54) is 12.1 Å². The SMILES string of the molecule is CN=C(NCCc1c[nH]c2cc(F)ccc12)NCc1csc(C(C)C)n1. The highest BCUT2D eigenvalue weighted by Gasteiger charge is 2.07. The van der Waals surface area contributed by atoms with Gasteiger partial charge in [0.1, 0.15) is 5.82 Å². The van der Waals surface area contributed by atoms with Gasteiger partial charge in [-0.25, -0.2) is 9.37 Å². The Kier molecular flexibility index (Phi) is 5.88. The molecule has 138 valence electrons. The van der Waals surface area contributed by atoms with Crippen LogP contribution in [0.3, 0.4) is 0 Å². The number of hydrogen-bond acceptors (Lipinski definition) is 3. The number of fused-ring (bicyclic) bond motifs is 1. The number of hydrogen-bond donors (Lipinski definition) is 3. The highest BCUT2D eigenvalue weighted by atomic mass is 32.1. The van der Waals surface area contributed by atoms with Crippen LogP contribution in [0.5, 0.6) is 0 Å². The van der Waals surface area contributed by atoms with Crippen molar-refractivity contribution in [2.24, 2.45) is 4.99 Å². The summed E-state index contributed by atoms with van der Waals surface area (Å²) in [6, 6.07) is 4.83. The number of nitrogens with one attached hydrogen (secondary N) is 3. The van der Waals surface area contributed by atoms with Gasteiger partial charge in [-0.05, 0) is 30.2 Å². The first-order valence-electron chi connectivity index (χ1n) is 8.71. The largest absolute Gasteiger partial charge is 0.361 e. The fraction of sp³-hybridized carbons (Fsp3) is 0.368. The molecule has 1 aromatic carbocycles. The Hall–Kier alpha value is -2.41. The lowest BCUT2D eigenvalue weighted by atomic mass is 10.1. The number of H-pyrrole nitrogens is 1. The van der Waals surface area contributed by atoms with E-state index < -0.39 is 0 Å². The normalized spacial score (nSPS) is 12.1. The summed E-state index contributed by atoms with van der Waals surface area (Å²) in [5, 5.41) is 10.9. The number of guanidine groups is 1. The predicted molar refractivity (Wildman–Crippen MR) is 106 cm³/mol. The molecule has 5 nitrogen and oxygen atoms in total. The van der Waals surface area contributed by atoms with E-state index in [9.17, 15) is 4.39 Å². The Labute approximate surface area is 156 Å². The molecule has 0 atom stereocenters. The van der Waals surface area contributed by atoms with E-state index in [1.54, 1.807) is 18.4 Å². The van der Waals surface area contributed by atoms with Crippen LogP contribution < -0.4 is 10.6 Å². The first-order valence-corrected chi connectivity index (χ1v) is 9.59. The number of rotatable bonds is 6. The summed E-state index contributed by atoms with van der Waals surface area (Å²) < 4.78 is 13.3. The van der Waals surface area contributed by atoms with E-state index in [0.717, 1.165) is 46.1 Å².